The molecule has 2 aromatic rings. The van der Waals surface area contributed by atoms with Crippen molar-refractivity contribution in [1.82, 2.24) is 4.98 Å². The van der Waals surface area contributed by atoms with Crippen LogP contribution in [0, 0.1) is 0 Å². The molecule has 2 amide bonds. The van der Waals surface area contributed by atoms with E-state index >= 15 is 0 Å². The van der Waals surface area contributed by atoms with Crippen LogP contribution in [0.1, 0.15) is 27.9 Å². The van der Waals surface area contributed by atoms with Crippen molar-refractivity contribution in [3.63, 3.8) is 0 Å². The van der Waals surface area contributed by atoms with E-state index in [2.05, 4.69) is 21.7 Å². The van der Waals surface area contributed by atoms with Crippen LogP contribution < -0.4 is 15.5 Å². The van der Waals surface area contributed by atoms with Gasteiger partial charge in [0.1, 0.15) is 5.82 Å². The number of anilines is 3. The fourth-order valence-corrected chi connectivity index (χ4v) is 3.23. The van der Waals surface area contributed by atoms with Crippen LogP contribution in [0.15, 0.2) is 30.5 Å². The van der Waals surface area contributed by atoms with E-state index in [1.165, 1.54) is 28.6 Å². The lowest BCUT2D eigenvalue weighted by molar-refractivity contribution is -0.116. The van der Waals surface area contributed by atoms with E-state index in [0.717, 1.165) is 18.5 Å². The highest BCUT2D eigenvalue weighted by Crippen LogP contribution is 2.28. The Balaban J connectivity index is 1.58. The summed E-state index contributed by atoms with van der Waals surface area (Å²) in [6.07, 6.45) is 4.89. The van der Waals surface area contributed by atoms with Gasteiger partial charge in [-0.05, 0) is 48.6 Å². The second-order valence-electron chi connectivity index (χ2n) is 6.19. The predicted octanol–water partition coefficient (Wildman–Crippen LogP) is 2.21. The van der Waals surface area contributed by atoms with Gasteiger partial charge in [-0.25, -0.2) is 4.98 Å². The topological polar surface area (TPSA) is 74.3 Å². The Kier molecular flexibility index (Phi) is 3.45. The molecule has 2 aliphatic rings. The number of benzene rings is 1. The zero-order valence-corrected chi connectivity index (χ0v) is 13.4. The monoisotopic (exact) mass is 322 g/mol. The number of aromatic nitrogens is 1. The number of aryl methyl sites for hydroxylation is 2. The van der Waals surface area contributed by atoms with Crippen LogP contribution in [-0.2, 0) is 17.6 Å². The van der Waals surface area contributed by atoms with Gasteiger partial charge in [0.2, 0.25) is 5.91 Å². The molecule has 0 saturated heterocycles. The maximum atomic E-state index is 12.5. The average molecular weight is 322 g/mol. The summed E-state index contributed by atoms with van der Waals surface area (Å²) in [4.78, 5) is 30.1. The standard InChI is InChI=1S/C18H18N4O2/c1-22-15-8-13(9-19-17(15)20-10-16(22)23)18(24)21-14-6-5-11-3-2-4-12(11)7-14/h5-9H,2-4,10H2,1H3,(H,19,20)(H,21,24). The van der Waals surface area contributed by atoms with E-state index in [1.807, 2.05) is 12.1 Å². The number of rotatable bonds is 2. The highest BCUT2D eigenvalue weighted by Gasteiger charge is 2.23. The molecule has 4 rings (SSSR count). The lowest BCUT2D eigenvalue weighted by Gasteiger charge is -2.26. The summed E-state index contributed by atoms with van der Waals surface area (Å²) in [5, 5.41) is 5.87. The number of hydrogen-bond donors (Lipinski definition) is 2. The van der Waals surface area contributed by atoms with Crippen molar-refractivity contribution in [2.24, 2.45) is 0 Å². The average Bonchev–Trinajstić information content (AvgIpc) is 3.05. The Morgan fingerprint density at radius 3 is 2.96 bits per heavy atom. The molecule has 2 N–H and O–H groups in total. The van der Waals surface area contributed by atoms with Gasteiger partial charge in [0.25, 0.3) is 5.91 Å². The third kappa shape index (κ3) is 2.50. The number of likely N-dealkylation sites (N-methyl/N-ethyl adjacent to an activating group) is 1. The van der Waals surface area contributed by atoms with Gasteiger partial charge in [-0.15, -0.1) is 0 Å². The fourth-order valence-electron chi connectivity index (χ4n) is 3.23. The van der Waals surface area contributed by atoms with Gasteiger partial charge in [0.05, 0.1) is 17.8 Å². The first-order valence-electron chi connectivity index (χ1n) is 8.05. The largest absolute Gasteiger partial charge is 0.359 e. The molecule has 0 atom stereocenters. The Morgan fingerprint density at radius 2 is 2.08 bits per heavy atom. The predicted molar refractivity (Wildman–Crippen MR) is 92.6 cm³/mol. The van der Waals surface area contributed by atoms with E-state index in [4.69, 9.17) is 0 Å². The molecule has 24 heavy (non-hydrogen) atoms. The van der Waals surface area contributed by atoms with Crippen LogP contribution in [0.3, 0.4) is 0 Å². The quantitative estimate of drug-likeness (QED) is 0.889. The molecule has 6 nitrogen and oxygen atoms in total. The van der Waals surface area contributed by atoms with Crippen LogP contribution >= 0.6 is 0 Å². The molecule has 0 fully saturated rings. The SMILES string of the molecule is CN1C(=O)CNc2ncc(C(=O)Nc3ccc4c(c3)CCC4)cc21. The first-order valence-corrected chi connectivity index (χ1v) is 8.05. The summed E-state index contributed by atoms with van der Waals surface area (Å²) >= 11 is 0. The Morgan fingerprint density at radius 1 is 1.25 bits per heavy atom. The van der Waals surface area contributed by atoms with Crippen molar-refractivity contribution >= 4 is 29.0 Å². The molecule has 0 radical (unpaired) electrons. The summed E-state index contributed by atoms with van der Waals surface area (Å²) in [5.74, 6) is 0.335. The molecule has 0 unspecified atom stereocenters. The summed E-state index contributed by atoms with van der Waals surface area (Å²) in [7, 11) is 1.69. The molecular formula is C18H18N4O2. The summed E-state index contributed by atoms with van der Waals surface area (Å²) in [6.45, 7) is 0.219. The molecule has 1 aliphatic carbocycles. The number of carbonyl (C=O) groups is 2. The second-order valence-corrected chi connectivity index (χ2v) is 6.19. The first kappa shape index (κ1) is 14.7. The van der Waals surface area contributed by atoms with E-state index in [0.29, 0.717) is 17.1 Å². The van der Waals surface area contributed by atoms with Gasteiger partial charge in [-0.3, -0.25) is 9.59 Å². The van der Waals surface area contributed by atoms with Gasteiger partial charge in [-0.1, -0.05) is 6.07 Å². The number of hydrogen-bond acceptors (Lipinski definition) is 4. The third-order valence-corrected chi connectivity index (χ3v) is 4.63. The minimum atomic E-state index is -0.227. The number of pyridine rings is 1. The molecule has 1 aromatic heterocycles. The van der Waals surface area contributed by atoms with E-state index in [1.54, 1.807) is 13.1 Å². The van der Waals surface area contributed by atoms with Gasteiger partial charge < -0.3 is 15.5 Å². The highest BCUT2D eigenvalue weighted by atomic mass is 16.2. The molecule has 0 bridgehead atoms. The Hall–Kier alpha value is -2.89. The van der Waals surface area contributed by atoms with Crippen molar-refractivity contribution < 1.29 is 9.59 Å². The number of nitrogens with one attached hydrogen (secondary N) is 2. The Bertz CT molecular complexity index is 847. The smallest absolute Gasteiger partial charge is 0.257 e. The highest BCUT2D eigenvalue weighted by molar-refractivity contribution is 6.07. The molecular weight excluding hydrogens is 304 g/mol. The van der Waals surface area contributed by atoms with Crippen LogP contribution in [0.4, 0.5) is 17.2 Å². The van der Waals surface area contributed by atoms with E-state index in [-0.39, 0.29) is 18.4 Å². The minimum absolute atomic E-state index is 0.0551. The number of fused-ring (bicyclic) bond motifs is 2. The van der Waals surface area contributed by atoms with Crippen molar-refractivity contribution in [1.29, 1.82) is 0 Å². The fraction of sp³-hybridized carbons (Fsp3) is 0.278. The maximum absolute atomic E-state index is 12.5. The molecule has 2 heterocycles. The lowest BCUT2D eigenvalue weighted by Crippen LogP contribution is -2.37. The van der Waals surface area contributed by atoms with E-state index < -0.39 is 0 Å². The van der Waals surface area contributed by atoms with Crippen LogP contribution in [0.2, 0.25) is 0 Å². The molecule has 0 saturated carbocycles. The van der Waals surface area contributed by atoms with Crippen molar-refractivity contribution in [2.45, 2.75) is 19.3 Å². The zero-order chi connectivity index (χ0) is 16.7. The Labute approximate surface area is 139 Å². The third-order valence-electron chi connectivity index (χ3n) is 4.63. The number of amides is 2. The van der Waals surface area contributed by atoms with Gasteiger partial charge in [0, 0.05) is 18.9 Å². The second kappa shape index (κ2) is 5.63. The van der Waals surface area contributed by atoms with Crippen LogP contribution in [-0.4, -0.2) is 30.4 Å². The number of carbonyl (C=O) groups excluding carboxylic acids is 2. The summed E-state index contributed by atoms with van der Waals surface area (Å²) < 4.78 is 0. The summed E-state index contributed by atoms with van der Waals surface area (Å²) in [5.41, 5.74) is 4.52. The molecule has 1 aliphatic heterocycles. The van der Waals surface area contributed by atoms with Crippen molar-refractivity contribution in [2.75, 3.05) is 29.1 Å². The molecule has 1 aromatic carbocycles. The van der Waals surface area contributed by atoms with Crippen LogP contribution in [0.25, 0.3) is 0 Å². The van der Waals surface area contributed by atoms with E-state index in [9.17, 15) is 9.59 Å². The van der Waals surface area contributed by atoms with Gasteiger partial charge in [-0.2, -0.15) is 0 Å². The first-order chi connectivity index (χ1) is 11.6. The van der Waals surface area contributed by atoms with Crippen molar-refractivity contribution in [3.8, 4) is 0 Å². The molecule has 122 valence electrons. The molecule has 6 heteroatoms. The summed E-state index contributed by atoms with van der Waals surface area (Å²) in [6, 6.07) is 7.75. The normalized spacial score (nSPS) is 15.5. The van der Waals surface area contributed by atoms with Gasteiger partial charge in [0.15, 0.2) is 0 Å². The van der Waals surface area contributed by atoms with Crippen LogP contribution in [0.5, 0.6) is 0 Å². The zero-order valence-electron chi connectivity index (χ0n) is 13.4. The minimum Gasteiger partial charge on any atom is -0.359 e. The molecule has 0 spiro atoms. The van der Waals surface area contributed by atoms with Crippen molar-refractivity contribution in [3.05, 3.63) is 47.2 Å². The van der Waals surface area contributed by atoms with Gasteiger partial charge >= 0.3 is 0 Å². The maximum Gasteiger partial charge on any atom is 0.257 e. The lowest BCUT2D eigenvalue weighted by atomic mass is 10.1. The number of nitrogens with zero attached hydrogens (tertiary/aromatic N) is 2.